The molecule has 0 saturated heterocycles. The smallest absolute Gasteiger partial charge is 0.238 e. The largest absolute Gasteiger partial charge is 0.301 e. The Balaban J connectivity index is 1.43. The van der Waals surface area contributed by atoms with Gasteiger partial charge in [-0.3, -0.25) is 9.10 Å². The molecule has 6 nitrogen and oxygen atoms in total. The molecule has 2 saturated carbocycles. The number of nitrogens with zero attached hydrogens (tertiary/aromatic N) is 2. The third-order valence-corrected chi connectivity index (χ3v) is 9.67. The summed E-state index contributed by atoms with van der Waals surface area (Å²) < 4.78 is 27.2. The van der Waals surface area contributed by atoms with Crippen molar-refractivity contribution in [2.24, 2.45) is 5.41 Å². The van der Waals surface area contributed by atoms with Crippen LogP contribution in [0.4, 0.5) is 10.8 Å². The molecule has 0 spiro atoms. The highest BCUT2D eigenvalue weighted by molar-refractivity contribution is 7.93. The summed E-state index contributed by atoms with van der Waals surface area (Å²) in [6.45, 7) is 4.50. The second kappa shape index (κ2) is 6.54. The van der Waals surface area contributed by atoms with Crippen LogP contribution in [0.1, 0.15) is 50.3 Å². The first kappa shape index (κ1) is 19.1. The number of aryl methyl sites for hydroxylation is 2. The Morgan fingerprint density at radius 3 is 2.76 bits per heavy atom. The summed E-state index contributed by atoms with van der Waals surface area (Å²) in [6.07, 6.45) is 5.13. The van der Waals surface area contributed by atoms with Crippen molar-refractivity contribution in [2.45, 2.75) is 57.6 Å². The van der Waals surface area contributed by atoms with Gasteiger partial charge in [0.25, 0.3) is 0 Å². The maximum atomic E-state index is 12.8. The van der Waals surface area contributed by atoms with E-state index >= 15 is 0 Å². The van der Waals surface area contributed by atoms with Gasteiger partial charge in [-0.15, -0.1) is 0 Å². The number of hydrogen-bond acceptors (Lipinski definition) is 5. The molecule has 8 heteroatoms. The zero-order valence-corrected chi connectivity index (χ0v) is 18.3. The van der Waals surface area contributed by atoms with E-state index in [1.165, 1.54) is 11.3 Å². The Bertz CT molecular complexity index is 1100. The molecule has 3 aliphatic rings. The van der Waals surface area contributed by atoms with Gasteiger partial charge in [0.05, 0.1) is 21.5 Å². The SMILES string of the molecule is Cc1nc(NC(=O)C2(C)CC2)sc1-c1ccc2c(c1)CCCN2S(=O)(=O)C1CC1. The van der Waals surface area contributed by atoms with Crippen molar-refractivity contribution in [3.63, 3.8) is 0 Å². The number of rotatable bonds is 5. The molecule has 154 valence electrons. The highest BCUT2D eigenvalue weighted by Crippen LogP contribution is 2.46. The second-order valence-corrected chi connectivity index (χ2v) is 11.8. The van der Waals surface area contributed by atoms with E-state index in [0.717, 1.165) is 65.9 Å². The second-order valence-electron chi connectivity index (χ2n) is 8.71. The summed E-state index contributed by atoms with van der Waals surface area (Å²) in [5.41, 5.74) is 3.57. The van der Waals surface area contributed by atoms with Gasteiger partial charge in [-0.1, -0.05) is 24.3 Å². The lowest BCUT2D eigenvalue weighted by atomic mass is 10.00. The summed E-state index contributed by atoms with van der Waals surface area (Å²) in [5.74, 6) is 0.0455. The molecule has 1 aromatic carbocycles. The topological polar surface area (TPSA) is 79.4 Å². The van der Waals surface area contributed by atoms with Crippen molar-refractivity contribution >= 4 is 38.1 Å². The number of sulfonamides is 1. The van der Waals surface area contributed by atoms with Crippen molar-refractivity contribution in [1.29, 1.82) is 0 Å². The number of aromatic nitrogens is 1. The molecule has 2 heterocycles. The molecule has 1 aliphatic heterocycles. The molecule has 1 aromatic heterocycles. The quantitative estimate of drug-likeness (QED) is 0.773. The van der Waals surface area contributed by atoms with Gasteiger partial charge in [-0.25, -0.2) is 13.4 Å². The number of anilines is 2. The normalized spacial score (nSPS) is 20.3. The summed E-state index contributed by atoms with van der Waals surface area (Å²) in [4.78, 5) is 17.9. The molecule has 2 aromatic rings. The van der Waals surface area contributed by atoms with Crippen molar-refractivity contribution in [3.05, 3.63) is 29.5 Å². The average molecular weight is 432 g/mol. The Kier molecular flexibility index (Phi) is 4.30. The van der Waals surface area contributed by atoms with E-state index in [-0.39, 0.29) is 16.6 Å². The third-order valence-electron chi connectivity index (χ3n) is 6.24. The highest BCUT2D eigenvalue weighted by Gasteiger charge is 2.45. The van der Waals surface area contributed by atoms with Crippen molar-refractivity contribution in [3.8, 4) is 10.4 Å². The molecule has 0 bridgehead atoms. The van der Waals surface area contributed by atoms with E-state index in [4.69, 9.17) is 0 Å². The zero-order chi connectivity index (χ0) is 20.4. The molecule has 1 amide bonds. The number of amides is 1. The monoisotopic (exact) mass is 431 g/mol. The first-order chi connectivity index (χ1) is 13.8. The number of fused-ring (bicyclic) bond motifs is 1. The summed E-state index contributed by atoms with van der Waals surface area (Å²) in [7, 11) is -3.23. The van der Waals surface area contributed by atoms with Gasteiger partial charge < -0.3 is 5.32 Å². The van der Waals surface area contributed by atoms with Gasteiger partial charge >= 0.3 is 0 Å². The molecule has 0 unspecified atom stereocenters. The summed E-state index contributed by atoms with van der Waals surface area (Å²) in [5, 5.41) is 3.40. The fourth-order valence-electron chi connectivity index (χ4n) is 3.89. The van der Waals surface area contributed by atoms with E-state index in [0.29, 0.717) is 11.7 Å². The Morgan fingerprint density at radius 1 is 1.31 bits per heavy atom. The van der Waals surface area contributed by atoms with Crippen LogP contribution < -0.4 is 9.62 Å². The molecule has 2 aliphatic carbocycles. The highest BCUT2D eigenvalue weighted by atomic mass is 32.2. The fourth-order valence-corrected chi connectivity index (χ4v) is 6.78. The molecule has 5 rings (SSSR count). The van der Waals surface area contributed by atoms with Crippen molar-refractivity contribution < 1.29 is 13.2 Å². The van der Waals surface area contributed by atoms with Crippen LogP contribution in [-0.2, 0) is 21.2 Å². The minimum absolute atomic E-state index is 0.0455. The number of carbonyl (C=O) groups excluding carboxylic acids is 1. The van der Waals surface area contributed by atoms with Crippen LogP contribution in [-0.4, -0.2) is 31.1 Å². The van der Waals surface area contributed by atoms with Crippen LogP contribution in [0.5, 0.6) is 0 Å². The van der Waals surface area contributed by atoms with Gasteiger partial charge in [0.15, 0.2) is 5.13 Å². The predicted octanol–water partition coefficient (Wildman–Crippen LogP) is 4.10. The number of nitrogens with one attached hydrogen (secondary N) is 1. The lowest BCUT2D eigenvalue weighted by Gasteiger charge is -2.31. The number of benzene rings is 1. The van der Waals surface area contributed by atoms with Crippen LogP contribution in [0.15, 0.2) is 18.2 Å². The number of hydrogen-bond donors (Lipinski definition) is 1. The van der Waals surface area contributed by atoms with E-state index in [9.17, 15) is 13.2 Å². The minimum atomic E-state index is -3.23. The van der Waals surface area contributed by atoms with E-state index < -0.39 is 10.0 Å². The first-order valence-electron chi connectivity index (χ1n) is 10.2. The lowest BCUT2D eigenvalue weighted by Crippen LogP contribution is -2.37. The Morgan fingerprint density at radius 2 is 2.07 bits per heavy atom. The number of thiazole rings is 1. The molecule has 1 N–H and O–H groups in total. The average Bonchev–Trinajstić information content (AvgIpc) is 3.61. The lowest BCUT2D eigenvalue weighted by molar-refractivity contribution is -0.120. The van der Waals surface area contributed by atoms with Crippen LogP contribution in [0.3, 0.4) is 0 Å². The van der Waals surface area contributed by atoms with Gasteiger partial charge in [-0.05, 0) is 68.7 Å². The van der Waals surface area contributed by atoms with E-state index in [1.807, 2.05) is 26.0 Å². The Hall–Kier alpha value is -1.93. The third kappa shape index (κ3) is 3.36. The van der Waals surface area contributed by atoms with E-state index in [1.54, 1.807) is 4.31 Å². The van der Waals surface area contributed by atoms with Gasteiger partial charge in [-0.2, -0.15) is 0 Å². The zero-order valence-electron chi connectivity index (χ0n) is 16.7. The van der Waals surface area contributed by atoms with Crippen LogP contribution in [0, 0.1) is 12.3 Å². The van der Waals surface area contributed by atoms with Crippen LogP contribution in [0.2, 0.25) is 0 Å². The van der Waals surface area contributed by atoms with E-state index in [2.05, 4.69) is 16.4 Å². The standard InChI is InChI=1S/C21H25N3O3S2/c1-13-18(28-20(22-13)23-19(25)21(2)9-10-21)15-5-8-17-14(12-15)4-3-11-24(17)29(26,27)16-6-7-16/h5,8,12,16H,3-4,6-7,9-11H2,1-2H3,(H,22,23,25). The molecule has 0 radical (unpaired) electrons. The van der Waals surface area contributed by atoms with Gasteiger partial charge in [0.2, 0.25) is 15.9 Å². The van der Waals surface area contributed by atoms with Crippen molar-refractivity contribution in [2.75, 3.05) is 16.2 Å². The summed E-state index contributed by atoms with van der Waals surface area (Å²) >= 11 is 1.48. The molecular formula is C21H25N3O3S2. The van der Waals surface area contributed by atoms with Crippen LogP contribution in [0.25, 0.3) is 10.4 Å². The molecule has 29 heavy (non-hydrogen) atoms. The maximum absolute atomic E-state index is 12.8. The Labute approximate surface area is 175 Å². The minimum Gasteiger partial charge on any atom is -0.301 e. The van der Waals surface area contributed by atoms with Crippen LogP contribution >= 0.6 is 11.3 Å². The van der Waals surface area contributed by atoms with Crippen molar-refractivity contribution in [1.82, 2.24) is 4.98 Å². The fraction of sp³-hybridized carbons (Fsp3) is 0.524. The van der Waals surface area contributed by atoms with Gasteiger partial charge in [0.1, 0.15) is 0 Å². The predicted molar refractivity (Wildman–Crippen MR) is 116 cm³/mol. The molecular weight excluding hydrogens is 406 g/mol. The first-order valence-corrected chi connectivity index (χ1v) is 12.5. The van der Waals surface area contributed by atoms with Gasteiger partial charge in [0, 0.05) is 12.0 Å². The number of carbonyl (C=O) groups is 1. The molecule has 2 fully saturated rings. The molecule has 0 atom stereocenters. The maximum Gasteiger partial charge on any atom is 0.238 e. The summed E-state index contributed by atoms with van der Waals surface area (Å²) in [6, 6.07) is 6.01.